The van der Waals surface area contributed by atoms with Gasteiger partial charge in [-0.05, 0) is 48.9 Å². The highest BCUT2D eigenvalue weighted by Crippen LogP contribution is 2.26. The number of rotatable bonds is 6. The van der Waals surface area contributed by atoms with Crippen molar-refractivity contribution < 1.29 is 14.3 Å². The third kappa shape index (κ3) is 5.80. The van der Waals surface area contributed by atoms with E-state index in [9.17, 15) is 9.59 Å². The monoisotopic (exact) mass is 484 g/mol. The first-order valence-corrected chi connectivity index (χ1v) is 12.5. The Bertz CT molecular complexity index is 1200. The van der Waals surface area contributed by atoms with E-state index in [-0.39, 0.29) is 11.7 Å². The number of hydrogen-bond acceptors (Lipinski definition) is 6. The van der Waals surface area contributed by atoms with E-state index >= 15 is 0 Å². The number of aromatic nitrogens is 1. The van der Waals surface area contributed by atoms with Gasteiger partial charge in [0, 0.05) is 68.7 Å². The molecule has 1 saturated heterocycles. The Labute approximate surface area is 212 Å². The first-order valence-electron chi connectivity index (χ1n) is 12.5. The van der Waals surface area contributed by atoms with Crippen molar-refractivity contribution >= 4 is 11.7 Å². The molecule has 0 radical (unpaired) electrons. The molecule has 7 nitrogen and oxygen atoms in total. The van der Waals surface area contributed by atoms with Gasteiger partial charge < -0.3 is 9.64 Å². The summed E-state index contributed by atoms with van der Waals surface area (Å²) in [5.41, 5.74) is 4.58. The number of hydrogen-bond donors (Lipinski definition) is 0. The van der Waals surface area contributed by atoms with Crippen LogP contribution in [0.2, 0.25) is 0 Å². The minimum atomic E-state index is -0.0454. The average molecular weight is 485 g/mol. The summed E-state index contributed by atoms with van der Waals surface area (Å²) >= 11 is 0. The highest BCUT2D eigenvalue weighted by molar-refractivity contribution is 5.97. The van der Waals surface area contributed by atoms with Crippen LogP contribution in [0.3, 0.4) is 0 Å². The second-order valence-electron chi connectivity index (χ2n) is 9.52. The zero-order valence-corrected chi connectivity index (χ0v) is 20.7. The summed E-state index contributed by atoms with van der Waals surface area (Å²) in [6.07, 6.45) is 1.85. The molecular formula is C29H32N4O3. The number of ether oxygens (including phenoxy) is 1. The summed E-state index contributed by atoms with van der Waals surface area (Å²) < 4.78 is 5.97. The minimum Gasteiger partial charge on any atom is -0.491 e. The smallest absolute Gasteiger partial charge is 0.254 e. The van der Waals surface area contributed by atoms with Crippen LogP contribution in [-0.4, -0.2) is 70.7 Å². The number of piperazine rings is 1. The van der Waals surface area contributed by atoms with Gasteiger partial charge in [0.2, 0.25) is 0 Å². The van der Waals surface area contributed by atoms with Gasteiger partial charge in [0.15, 0.2) is 5.78 Å². The second-order valence-corrected chi connectivity index (χ2v) is 9.52. The van der Waals surface area contributed by atoms with Crippen LogP contribution < -0.4 is 4.74 Å². The number of ketones is 1. The van der Waals surface area contributed by atoms with Crippen molar-refractivity contribution in [2.45, 2.75) is 26.6 Å². The van der Waals surface area contributed by atoms with Crippen LogP contribution in [0.1, 0.15) is 44.5 Å². The molecule has 2 aliphatic heterocycles. The molecule has 36 heavy (non-hydrogen) atoms. The SMILES string of the molecule is CC(=O)c1ccc(C(=O)N2CCOc3ccc(CN4CCN(Cc5ccccn5)CC4)cc3C2)cc1. The molecule has 0 bridgehead atoms. The maximum absolute atomic E-state index is 13.2. The first-order chi connectivity index (χ1) is 17.5. The fourth-order valence-electron chi connectivity index (χ4n) is 4.83. The minimum absolute atomic E-state index is 0.00625. The third-order valence-corrected chi connectivity index (χ3v) is 6.91. The topological polar surface area (TPSA) is 66.0 Å². The Morgan fingerprint density at radius 1 is 0.861 bits per heavy atom. The average Bonchev–Trinajstić information content (AvgIpc) is 3.12. The lowest BCUT2D eigenvalue weighted by Crippen LogP contribution is -2.45. The molecular weight excluding hydrogens is 452 g/mol. The van der Waals surface area contributed by atoms with Crippen LogP contribution in [0.15, 0.2) is 66.9 Å². The molecule has 0 aliphatic carbocycles. The van der Waals surface area contributed by atoms with Gasteiger partial charge in [-0.15, -0.1) is 0 Å². The van der Waals surface area contributed by atoms with Crippen LogP contribution >= 0.6 is 0 Å². The van der Waals surface area contributed by atoms with E-state index < -0.39 is 0 Å². The number of benzene rings is 2. The van der Waals surface area contributed by atoms with Gasteiger partial charge in [0.05, 0.1) is 12.2 Å². The molecule has 0 atom stereocenters. The van der Waals surface area contributed by atoms with Gasteiger partial charge in [0.1, 0.15) is 12.4 Å². The first kappa shape index (κ1) is 24.2. The molecule has 1 amide bonds. The van der Waals surface area contributed by atoms with Gasteiger partial charge in [-0.2, -0.15) is 0 Å². The predicted octanol–water partition coefficient (Wildman–Crippen LogP) is 3.64. The van der Waals surface area contributed by atoms with Crippen molar-refractivity contribution in [1.29, 1.82) is 0 Å². The van der Waals surface area contributed by atoms with E-state index in [1.807, 2.05) is 29.3 Å². The molecule has 0 saturated carbocycles. The number of carbonyl (C=O) groups is 2. The molecule has 5 rings (SSSR count). The van der Waals surface area contributed by atoms with Crippen LogP contribution in [0.25, 0.3) is 0 Å². The zero-order chi connectivity index (χ0) is 24.9. The number of carbonyl (C=O) groups excluding carboxylic acids is 2. The fraction of sp³-hybridized carbons (Fsp3) is 0.345. The quantitative estimate of drug-likeness (QED) is 0.498. The summed E-state index contributed by atoms with van der Waals surface area (Å²) in [5.74, 6) is 0.797. The van der Waals surface area contributed by atoms with Gasteiger partial charge in [0.25, 0.3) is 5.91 Å². The summed E-state index contributed by atoms with van der Waals surface area (Å²) in [4.78, 5) is 35.9. The molecule has 0 spiro atoms. The number of amides is 1. The van der Waals surface area contributed by atoms with E-state index in [1.165, 1.54) is 12.5 Å². The molecule has 186 valence electrons. The van der Waals surface area contributed by atoms with Gasteiger partial charge in [-0.3, -0.25) is 24.4 Å². The Balaban J connectivity index is 1.20. The van der Waals surface area contributed by atoms with E-state index in [0.717, 1.165) is 56.3 Å². The lowest BCUT2D eigenvalue weighted by atomic mass is 10.1. The predicted molar refractivity (Wildman–Crippen MR) is 138 cm³/mol. The second kappa shape index (κ2) is 11.0. The van der Waals surface area contributed by atoms with Crippen molar-refractivity contribution in [3.05, 3.63) is 94.8 Å². The van der Waals surface area contributed by atoms with Crippen LogP contribution in [0.5, 0.6) is 5.75 Å². The lowest BCUT2D eigenvalue weighted by Gasteiger charge is -2.34. The lowest BCUT2D eigenvalue weighted by molar-refractivity contribution is 0.0732. The van der Waals surface area contributed by atoms with E-state index in [2.05, 4.69) is 33.0 Å². The molecule has 0 unspecified atom stereocenters. The molecule has 2 aromatic carbocycles. The molecule has 3 heterocycles. The normalized spacial score (nSPS) is 16.6. The zero-order valence-electron chi connectivity index (χ0n) is 20.7. The van der Waals surface area contributed by atoms with Crippen LogP contribution in [0, 0.1) is 0 Å². The molecule has 2 aliphatic rings. The molecule has 1 aromatic heterocycles. The molecule has 7 heteroatoms. The van der Waals surface area contributed by atoms with Crippen molar-refractivity contribution in [3.8, 4) is 5.75 Å². The van der Waals surface area contributed by atoms with Crippen molar-refractivity contribution in [2.24, 2.45) is 0 Å². The van der Waals surface area contributed by atoms with E-state index in [0.29, 0.717) is 30.8 Å². The van der Waals surface area contributed by atoms with Crippen molar-refractivity contribution in [2.75, 3.05) is 39.3 Å². The summed E-state index contributed by atoms with van der Waals surface area (Å²) in [6.45, 7) is 8.87. The fourth-order valence-corrected chi connectivity index (χ4v) is 4.83. The number of pyridine rings is 1. The molecule has 3 aromatic rings. The Morgan fingerprint density at radius 2 is 1.58 bits per heavy atom. The van der Waals surface area contributed by atoms with Crippen molar-refractivity contribution in [1.82, 2.24) is 19.7 Å². The molecule has 1 fully saturated rings. The van der Waals surface area contributed by atoms with E-state index in [4.69, 9.17) is 4.74 Å². The molecule has 0 N–H and O–H groups in total. The number of fused-ring (bicyclic) bond motifs is 1. The standard InChI is InChI=1S/C29H32N4O3/c1-22(34)24-6-8-25(9-7-24)29(35)33-16-17-36-28-10-5-23(18-26(28)20-33)19-31-12-14-32(15-13-31)21-27-4-2-3-11-30-27/h2-11,18H,12-17,19-21H2,1H3. The summed E-state index contributed by atoms with van der Waals surface area (Å²) in [5, 5.41) is 0. The third-order valence-electron chi connectivity index (χ3n) is 6.91. The Morgan fingerprint density at radius 3 is 2.28 bits per heavy atom. The summed E-state index contributed by atoms with van der Waals surface area (Å²) in [6, 6.07) is 19.3. The van der Waals surface area contributed by atoms with Crippen LogP contribution in [-0.2, 0) is 19.6 Å². The highest BCUT2D eigenvalue weighted by atomic mass is 16.5. The van der Waals surface area contributed by atoms with Gasteiger partial charge in [-0.1, -0.05) is 24.3 Å². The maximum atomic E-state index is 13.2. The number of nitrogens with zero attached hydrogens (tertiary/aromatic N) is 4. The van der Waals surface area contributed by atoms with Crippen LogP contribution in [0.4, 0.5) is 0 Å². The largest absolute Gasteiger partial charge is 0.491 e. The van der Waals surface area contributed by atoms with Gasteiger partial charge in [-0.25, -0.2) is 0 Å². The Kier molecular flexibility index (Phi) is 7.39. The number of Topliss-reactive ketones (excluding diaryl/α,β-unsaturated/α-hetero) is 1. The van der Waals surface area contributed by atoms with Crippen molar-refractivity contribution in [3.63, 3.8) is 0 Å². The summed E-state index contributed by atoms with van der Waals surface area (Å²) in [7, 11) is 0. The Hall–Kier alpha value is -3.55. The highest BCUT2D eigenvalue weighted by Gasteiger charge is 2.23. The van der Waals surface area contributed by atoms with Gasteiger partial charge >= 0.3 is 0 Å². The van der Waals surface area contributed by atoms with E-state index in [1.54, 1.807) is 24.3 Å². The maximum Gasteiger partial charge on any atom is 0.254 e.